The van der Waals surface area contributed by atoms with Crippen molar-refractivity contribution in [1.82, 2.24) is 10.9 Å². The summed E-state index contributed by atoms with van der Waals surface area (Å²) >= 11 is 0. The lowest BCUT2D eigenvalue weighted by Crippen LogP contribution is -2.81. The van der Waals surface area contributed by atoms with Crippen LogP contribution in [0.4, 0.5) is 0 Å². The molecule has 6 rings (SSSR count). The van der Waals surface area contributed by atoms with Gasteiger partial charge in [0.15, 0.2) is 5.72 Å². The summed E-state index contributed by atoms with van der Waals surface area (Å²) in [7, 11) is 0. The molecule has 2 aliphatic heterocycles. The highest BCUT2D eigenvalue weighted by molar-refractivity contribution is 5.85. The third kappa shape index (κ3) is 6.06. The van der Waals surface area contributed by atoms with Crippen molar-refractivity contribution in [2.75, 3.05) is 6.61 Å². The molecule has 0 radical (unpaired) electrons. The maximum atomic E-state index is 13.4. The predicted molar refractivity (Wildman–Crippen MR) is 182 cm³/mol. The zero-order valence-electron chi connectivity index (χ0n) is 29.4. The molecule has 4 fully saturated rings. The Balaban J connectivity index is 1.39. The quantitative estimate of drug-likeness (QED) is 0.193. The number of carbonyl (C=O) groups is 2. The number of hydrazine groups is 1. The fourth-order valence-corrected chi connectivity index (χ4v) is 11.4. The van der Waals surface area contributed by atoms with Gasteiger partial charge in [-0.15, -0.1) is 0 Å². The molecular weight excluding hydrogens is 608 g/mol. The molecule has 9 heteroatoms. The number of esters is 2. The molecule has 3 saturated carbocycles. The first-order chi connectivity index (χ1) is 22.9. The Bertz CT molecular complexity index is 1350. The molecule has 3 aliphatic carbocycles. The molecule has 0 bridgehead atoms. The second kappa shape index (κ2) is 13.8. The smallest absolute Gasteiger partial charge is 0.331 e. The molecule has 5 N–H and O–H groups in total. The van der Waals surface area contributed by atoms with E-state index in [1.54, 1.807) is 0 Å². The largest absolute Gasteiger partial charge is 0.458 e. The van der Waals surface area contributed by atoms with Crippen LogP contribution in [-0.2, 0) is 25.5 Å². The van der Waals surface area contributed by atoms with Gasteiger partial charge in [-0.1, -0.05) is 63.9 Å². The van der Waals surface area contributed by atoms with Crippen molar-refractivity contribution < 1.29 is 34.4 Å². The zero-order chi connectivity index (χ0) is 34.3. The first-order valence-corrected chi connectivity index (χ1v) is 18.6. The Hall–Kier alpha value is -2.30. The lowest BCUT2D eigenvalue weighted by molar-refractivity contribution is -0.351. The van der Waals surface area contributed by atoms with Crippen LogP contribution >= 0.6 is 0 Å². The Morgan fingerprint density at radius 1 is 1.12 bits per heavy atom. The molecule has 1 aromatic carbocycles. The number of hydrogen-bond acceptors (Lipinski definition) is 9. The third-order valence-electron chi connectivity index (χ3n) is 13.5. The molecule has 11 unspecified atom stereocenters. The number of fused-ring (bicyclic) bond motifs is 2. The Labute approximate surface area is 286 Å². The van der Waals surface area contributed by atoms with Gasteiger partial charge in [0.2, 0.25) is 0 Å². The van der Waals surface area contributed by atoms with Crippen LogP contribution in [0.1, 0.15) is 110 Å². The molecule has 1 saturated heterocycles. The van der Waals surface area contributed by atoms with Crippen LogP contribution in [0.15, 0.2) is 42.0 Å². The first kappa shape index (κ1) is 35.5. The zero-order valence-corrected chi connectivity index (χ0v) is 29.4. The number of rotatable bonds is 12. The molecular formula is C39H58N2O7. The van der Waals surface area contributed by atoms with Crippen LogP contribution in [0.2, 0.25) is 0 Å². The number of aryl methyl sites for hydroxylation is 1. The van der Waals surface area contributed by atoms with Crippen molar-refractivity contribution in [2.45, 2.75) is 141 Å². The molecule has 2 heterocycles. The van der Waals surface area contributed by atoms with Crippen LogP contribution in [-0.4, -0.2) is 63.4 Å². The van der Waals surface area contributed by atoms with Gasteiger partial charge in [0, 0.05) is 31.4 Å². The third-order valence-corrected chi connectivity index (χ3v) is 13.5. The fourth-order valence-electron chi connectivity index (χ4n) is 11.4. The molecule has 5 aliphatic rings. The number of ether oxygens (including phenoxy) is 2. The normalized spacial score (nSPS) is 40.2. The summed E-state index contributed by atoms with van der Waals surface area (Å²) in [5.74, 6) is -1.31. The molecule has 1 aromatic rings. The average Bonchev–Trinajstić information content (AvgIpc) is 3.69. The molecule has 266 valence electrons. The van der Waals surface area contributed by atoms with E-state index in [2.05, 4.69) is 49.0 Å². The number of hydrogen-bond donors (Lipinski definition) is 5. The summed E-state index contributed by atoms with van der Waals surface area (Å²) in [5.41, 5.74) is 4.61. The highest BCUT2D eigenvalue weighted by atomic mass is 16.6. The van der Waals surface area contributed by atoms with E-state index in [4.69, 9.17) is 9.47 Å². The second-order valence-electron chi connectivity index (χ2n) is 16.3. The maximum absolute atomic E-state index is 13.4. The van der Waals surface area contributed by atoms with Crippen LogP contribution in [0.3, 0.4) is 0 Å². The molecule has 9 nitrogen and oxygen atoms in total. The van der Waals surface area contributed by atoms with Crippen LogP contribution in [0.5, 0.6) is 0 Å². The number of aliphatic hydroxyl groups excluding tert-OH is 2. The predicted octanol–water partition coefficient (Wildman–Crippen LogP) is 5.12. The van der Waals surface area contributed by atoms with Gasteiger partial charge in [-0.25, -0.2) is 10.2 Å². The summed E-state index contributed by atoms with van der Waals surface area (Å²) in [5, 5.41) is 38.7. The minimum absolute atomic E-state index is 0.151. The van der Waals surface area contributed by atoms with Crippen molar-refractivity contribution in [3.8, 4) is 0 Å². The van der Waals surface area contributed by atoms with E-state index in [0.717, 1.165) is 50.5 Å². The second-order valence-corrected chi connectivity index (χ2v) is 16.3. The van der Waals surface area contributed by atoms with Gasteiger partial charge < -0.3 is 24.8 Å². The van der Waals surface area contributed by atoms with E-state index in [1.165, 1.54) is 18.6 Å². The van der Waals surface area contributed by atoms with E-state index in [9.17, 15) is 24.9 Å². The van der Waals surface area contributed by atoms with Gasteiger partial charge in [0.25, 0.3) is 0 Å². The summed E-state index contributed by atoms with van der Waals surface area (Å²) < 4.78 is 11.6. The van der Waals surface area contributed by atoms with Gasteiger partial charge >= 0.3 is 11.9 Å². The van der Waals surface area contributed by atoms with E-state index >= 15 is 0 Å². The van der Waals surface area contributed by atoms with E-state index in [1.807, 2.05) is 13.0 Å². The van der Waals surface area contributed by atoms with Crippen molar-refractivity contribution in [3.63, 3.8) is 0 Å². The van der Waals surface area contributed by atoms with Gasteiger partial charge in [-0.3, -0.25) is 10.2 Å². The van der Waals surface area contributed by atoms with Crippen molar-refractivity contribution >= 4 is 11.9 Å². The monoisotopic (exact) mass is 666 g/mol. The Kier molecular flexibility index (Phi) is 10.2. The minimum Gasteiger partial charge on any atom is -0.458 e. The summed E-state index contributed by atoms with van der Waals surface area (Å²) in [6.07, 6.45) is 8.77. The molecule has 48 heavy (non-hydrogen) atoms. The highest BCUT2D eigenvalue weighted by Crippen LogP contribution is 2.71. The summed E-state index contributed by atoms with van der Waals surface area (Å²) in [4.78, 5) is 24.9. The molecule has 0 aromatic heterocycles. The van der Waals surface area contributed by atoms with Gasteiger partial charge in [0.1, 0.15) is 6.61 Å². The molecule has 0 amide bonds. The van der Waals surface area contributed by atoms with Gasteiger partial charge in [-0.2, -0.15) is 0 Å². The lowest BCUT2D eigenvalue weighted by atomic mass is 9.36. The minimum atomic E-state index is -1.52. The van der Waals surface area contributed by atoms with E-state index in [0.29, 0.717) is 38.0 Å². The maximum Gasteiger partial charge on any atom is 0.331 e. The fraction of sp³-hybridized carbons (Fsp3) is 0.744. The summed E-state index contributed by atoms with van der Waals surface area (Å²) in [6.45, 7) is 8.05. The Morgan fingerprint density at radius 2 is 1.90 bits per heavy atom. The Morgan fingerprint density at radius 3 is 2.60 bits per heavy atom. The lowest BCUT2D eigenvalue weighted by Gasteiger charge is -2.71. The van der Waals surface area contributed by atoms with Crippen molar-refractivity contribution in [2.24, 2.45) is 34.5 Å². The van der Waals surface area contributed by atoms with Crippen molar-refractivity contribution in [3.05, 3.63) is 47.5 Å². The van der Waals surface area contributed by atoms with Crippen LogP contribution < -0.4 is 10.9 Å². The van der Waals surface area contributed by atoms with Gasteiger partial charge in [-0.05, 0) is 98.5 Å². The SMILES string of the molecule is CC(=O)OC12CC(C)C(O)(CCC3=CC(=O)OC3)C3(C(O)CCC(C)CCCc4ccccc4)C(O)CCC(C)(C4CCCC4NN1)C23. The standard InChI is InChI=1S/C39H58N2O7/c1-25(10-8-13-28-11-6-5-7-12-28)16-17-32(43)39-33(44)19-20-36(4)30-14-9-15-31(30)40-41-38(35(36)39,48-27(3)42)23-26(2)37(39,46)21-18-29-22-34(45)47-24-29/h5-7,11-12,22,25-26,30-33,35,40-41,43-44,46H,8-10,13-21,23-24H2,1-4H3. The number of aliphatic hydroxyl groups is 3. The molecule has 0 spiro atoms. The van der Waals surface area contributed by atoms with E-state index in [-0.39, 0.29) is 31.0 Å². The number of carbonyl (C=O) groups excluding carboxylic acids is 2. The van der Waals surface area contributed by atoms with Crippen LogP contribution in [0, 0.1) is 34.5 Å². The first-order valence-electron chi connectivity index (χ1n) is 18.6. The van der Waals surface area contributed by atoms with Crippen molar-refractivity contribution in [1.29, 1.82) is 0 Å². The average molecular weight is 667 g/mol. The topological polar surface area (TPSA) is 137 Å². The number of benzene rings is 1. The van der Waals surface area contributed by atoms with E-state index < -0.39 is 52.2 Å². The number of nitrogens with one attached hydrogen (secondary N) is 2. The van der Waals surface area contributed by atoms with Gasteiger partial charge in [0.05, 0.1) is 23.2 Å². The highest BCUT2D eigenvalue weighted by Gasteiger charge is 2.79. The number of cyclic esters (lactones) is 1. The van der Waals surface area contributed by atoms with Crippen LogP contribution in [0.25, 0.3) is 0 Å². The summed E-state index contributed by atoms with van der Waals surface area (Å²) in [6, 6.07) is 10.6. The molecule has 11 atom stereocenters.